The van der Waals surface area contributed by atoms with Crippen LogP contribution >= 0.6 is 0 Å². The van der Waals surface area contributed by atoms with Crippen LogP contribution in [0, 0.1) is 17.8 Å². The lowest BCUT2D eigenvalue weighted by molar-refractivity contribution is 0.504. The van der Waals surface area contributed by atoms with Crippen LogP contribution in [0.25, 0.3) is 0 Å². The molecule has 0 aromatic rings. The van der Waals surface area contributed by atoms with Crippen molar-refractivity contribution >= 4 is 0 Å². The summed E-state index contributed by atoms with van der Waals surface area (Å²) >= 11 is 0. The summed E-state index contributed by atoms with van der Waals surface area (Å²) in [6.07, 6.45) is 11.9. The topological polar surface area (TPSA) is 0 Å². The molecular weight excluding hydrogens is 168 g/mol. The van der Waals surface area contributed by atoms with Crippen LogP contribution in [0.15, 0.2) is 0 Å². The molecule has 0 heteroatoms. The highest BCUT2D eigenvalue weighted by Crippen LogP contribution is 2.41. The molecule has 0 saturated heterocycles. The first-order chi connectivity index (χ1) is 6.70. The maximum atomic E-state index is 2.40. The maximum Gasteiger partial charge on any atom is -0.0386 e. The average molecular weight is 196 g/mol. The molecule has 1 aliphatic rings. The molecule has 0 aromatic heterocycles. The first kappa shape index (κ1) is 12.1. The Morgan fingerprint density at radius 3 is 2.14 bits per heavy atom. The Morgan fingerprint density at radius 1 is 1.00 bits per heavy atom. The van der Waals surface area contributed by atoms with E-state index in [4.69, 9.17) is 0 Å². The summed E-state index contributed by atoms with van der Waals surface area (Å²) in [5, 5.41) is 0. The van der Waals surface area contributed by atoms with Gasteiger partial charge in [0.15, 0.2) is 0 Å². The zero-order chi connectivity index (χ0) is 10.4. The number of hydrogen-bond acceptors (Lipinski definition) is 0. The van der Waals surface area contributed by atoms with Gasteiger partial charge in [-0.1, -0.05) is 65.7 Å². The summed E-state index contributed by atoms with van der Waals surface area (Å²) in [6.45, 7) is 7.05. The highest BCUT2D eigenvalue weighted by Gasteiger charge is 2.31. The molecule has 0 nitrogen and oxygen atoms in total. The van der Waals surface area contributed by atoms with Gasteiger partial charge < -0.3 is 0 Å². The molecule has 0 spiro atoms. The van der Waals surface area contributed by atoms with Gasteiger partial charge in [0.2, 0.25) is 0 Å². The summed E-state index contributed by atoms with van der Waals surface area (Å²) < 4.78 is 0. The summed E-state index contributed by atoms with van der Waals surface area (Å²) in [5.41, 5.74) is 0. The van der Waals surface area contributed by atoms with Crippen LogP contribution in [0.1, 0.15) is 72.1 Å². The Kier molecular flexibility index (Phi) is 5.59. The Labute approximate surface area is 90.5 Å². The van der Waals surface area contributed by atoms with Gasteiger partial charge in [-0.15, -0.1) is 0 Å². The second-order valence-corrected chi connectivity index (χ2v) is 5.71. The quantitative estimate of drug-likeness (QED) is 0.478. The minimum Gasteiger partial charge on any atom is -0.0628 e. The summed E-state index contributed by atoms with van der Waals surface area (Å²) in [7, 11) is 0. The Hall–Kier alpha value is 0. The second kappa shape index (κ2) is 6.48. The van der Waals surface area contributed by atoms with E-state index in [9.17, 15) is 0 Å². The lowest BCUT2D eigenvalue weighted by Gasteiger charge is -2.04. The molecule has 0 bridgehead atoms. The molecule has 0 aliphatic heterocycles. The summed E-state index contributed by atoms with van der Waals surface area (Å²) in [6, 6.07) is 0. The second-order valence-electron chi connectivity index (χ2n) is 5.71. The van der Waals surface area contributed by atoms with Crippen molar-refractivity contribution in [1.29, 1.82) is 0 Å². The molecule has 1 aliphatic carbocycles. The van der Waals surface area contributed by atoms with Crippen LogP contribution in [-0.2, 0) is 0 Å². The predicted octanol–water partition coefficient (Wildman–Crippen LogP) is 5.03. The molecular formula is C14H28. The molecule has 1 fully saturated rings. The SMILES string of the molecule is CC(C)CCCCCCCC1CC1C. The summed E-state index contributed by atoms with van der Waals surface area (Å²) in [5.74, 6) is 3.09. The van der Waals surface area contributed by atoms with Crippen molar-refractivity contribution in [2.75, 3.05) is 0 Å². The number of unbranched alkanes of at least 4 members (excludes halogenated alkanes) is 4. The van der Waals surface area contributed by atoms with Crippen LogP contribution in [0.3, 0.4) is 0 Å². The van der Waals surface area contributed by atoms with Crippen LogP contribution in [-0.4, -0.2) is 0 Å². The summed E-state index contributed by atoms with van der Waals surface area (Å²) in [4.78, 5) is 0. The van der Waals surface area contributed by atoms with Gasteiger partial charge in [-0.2, -0.15) is 0 Å². The Morgan fingerprint density at radius 2 is 1.57 bits per heavy atom. The zero-order valence-electron chi connectivity index (χ0n) is 10.4. The number of hydrogen-bond donors (Lipinski definition) is 0. The first-order valence-electron chi connectivity index (χ1n) is 6.70. The third-order valence-electron chi connectivity index (χ3n) is 3.63. The van der Waals surface area contributed by atoms with Crippen molar-refractivity contribution in [2.45, 2.75) is 72.1 Å². The molecule has 84 valence electrons. The Bertz CT molecular complexity index is 137. The van der Waals surface area contributed by atoms with E-state index < -0.39 is 0 Å². The fraction of sp³-hybridized carbons (Fsp3) is 1.00. The van der Waals surface area contributed by atoms with E-state index >= 15 is 0 Å². The van der Waals surface area contributed by atoms with Crippen molar-refractivity contribution in [1.82, 2.24) is 0 Å². The highest BCUT2D eigenvalue weighted by molar-refractivity contribution is 4.81. The maximum absolute atomic E-state index is 2.40. The predicted molar refractivity (Wildman–Crippen MR) is 64.4 cm³/mol. The Balaban J connectivity index is 1.72. The van der Waals surface area contributed by atoms with Gasteiger partial charge in [-0.25, -0.2) is 0 Å². The van der Waals surface area contributed by atoms with Crippen molar-refractivity contribution in [2.24, 2.45) is 17.8 Å². The molecule has 2 unspecified atom stereocenters. The molecule has 0 radical (unpaired) electrons. The zero-order valence-corrected chi connectivity index (χ0v) is 10.4. The highest BCUT2D eigenvalue weighted by atomic mass is 14.4. The van der Waals surface area contributed by atoms with Crippen LogP contribution in [0.5, 0.6) is 0 Å². The van der Waals surface area contributed by atoms with Crippen molar-refractivity contribution in [3.63, 3.8) is 0 Å². The van der Waals surface area contributed by atoms with Gasteiger partial charge in [0.05, 0.1) is 0 Å². The van der Waals surface area contributed by atoms with Gasteiger partial charge in [0.25, 0.3) is 0 Å². The van der Waals surface area contributed by atoms with Crippen molar-refractivity contribution in [3.05, 3.63) is 0 Å². The van der Waals surface area contributed by atoms with Gasteiger partial charge in [-0.3, -0.25) is 0 Å². The molecule has 2 atom stereocenters. The van der Waals surface area contributed by atoms with Gasteiger partial charge in [-0.05, 0) is 24.2 Å². The standard InChI is InChI=1S/C14H28/c1-12(2)9-7-5-4-6-8-10-14-11-13(14)3/h12-14H,4-11H2,1-3H3. The van der Waals surface area contributed by atoms with Gasteiger partial charge in [0.1, 0.15) is 0 Å². The third-order valence-corrected chi connectivity index (χ3v) is 3.63. The van der Waals surface area contributed by atoms with Crippen LogP contribution < -0.4 is 0 Å². The number of rotatable bonds is 8. The molecule has 0 amide bonds. The fourth-order valence-electron chi connectivity index (χ4n) is 2.29. The van der Waals surface area contributed by atoms with Gasteiger partial charge in [0, 0.05) is 0 Å². The minimum absolute atomic E-state index is 0.905. The van der Waals surface area contributed by atoms with Crippen molar-refractivity contribution < 1.29 is 0 Å². The van der Waals surface area contributed by atoms with Crippen LogP contribution in [0.4, 0.5) is 0 Å². The van der Waals surface area contributed by atoms with E-state index in [-0.39, 0.29) is 0 Å². The molecule has 0 aromatic carbocycles. The lowest BCUT2D eigenvalue weighted by atomic mass is 10.0. The molecule has 14 heavy (non-hydrogen) atoms. The monoisotopic (exact) mass is 196 g/mol. The van der Waals surface area contributed by atoms with E-state index in [1.807, 2.05) is 0 Å². The smallest absolute Gasteiger partial charge is 0.0386 e. The van der Waals surface area contributed by atoms with E-state index in [1.54, 1.807) is 0 Å². The molecule has 1 saturated carbocycles. The largest absolute Gasteiger partial charge is 0.0628 e. The molecule has 0 heterocycles. The lowest BCUT2D eigenvalue weighted by Crippen LogP contribution is -1.87. The normalized spacial score (nSPS) is 25.7. The molecule has 1 rings (SSSR count). The molecule has 0 N–H and O–H groups in total. The average Bonchev–Trinajstić information content (AvgIpc) is 2.80. The first-order valence-corrected chi connectivity index (χ1v) is 6.70. The van der Waals surface area contributed by atoms with Crippen LogP contribution in [0.2, 0.25) is 0 Å². The van der Waals surface area contributed by atoms with E-state index in [0.717, 1.165) is 17.8 Å². The van der Waals surface area contributed by atoms with E-state index in [1.165, 1.54) is 51.4 Å². The third kappa shape index (κ3) is 5.67. The van der Waals surface area contributed by atoms with Crippen molar-refractivity contribution in [3.8, 4) is 0 Å². The van der Waals surface area contributed by atoms with E-state index in [0.29, 0.717) is 0 Å². The van der Waals surface area contributed by atoms with Gasteiger partial charge >= 0.3 is 0 Å². The fourth-order valence-corrected chi connectivity index (χ4v) is 2.29. The van der Waals surface area contributed by atoms with E-state index in [2.05, 4.69) is 20.8 Å². The minimum atomic E-state index is 0.905.